The van der Waals surface area contributed by atoms with E-state index in [1.807, 2.05) is 6.20 Å². The fourth-order valence-corrected chi connectivity index (χ4v) is 6.31. The molecule has 4 heterocycles. The number of fused-ring (bicyclic) bond motifs is 1. The lowest BCUT2D eigenvalue weighted by Crippen LogP contribution is -2.52. The molecule has 2 bridgehead atoms. The van der Waals surface area contributed by atoms with E-state index in [0.29, 0.717) is 24.9 Å². The summed E-state index contributed by atoms with van der Waals surface area (Å²) in [5.74, 6) is 2.14. The predicted octanol–water partition coefficient (Wildman–Crippen LogP) is 3.44. The number of ether oxygens (including phenoxy) is 1. The average molecular weight is 485 g/mol. The van der Waals surface area contributed by atoms with Gasteiger partial charge in [-0.3, -0.25) is 9.78 Å². The zero-order valence-corrected chi connectivity index (χ0v) is 20.1. The maximum absolute atomic E-state index is 13.2. The number of hydrogen-bond acceptors (Lipinski definition) is 9. The van der Waals surface area contributed by atoms with Crippen LogP contribution in [0.15, 0.2) is 18.6 Å². The van der Waals surface area contributed by atoms with Crippen LogP contribution < -0.4 is 9.64 Å². The molecule has 5 aliphatic rings. The van der Waals surface area contributed by atoms with Crippen LogP contribution in [0.25, 0.3) is 11.2 Å². The van der Waals surface area contributed by atoms with Crippen molar-refractivity contribution in [3.05, 3.63) is 30.0 Å². The van der Waals surface area contributed by atoms with E-state index in [9.17, 15) is 4.79 Å². The summed E-state index contributed by atoms with van der Waals surface area (Å²) >= 11 is 0. The normalized spacial score (nSPS) is 28.8. The number of anilines is 1. The van der Waals surface area contributed by atoms with E-state index in [2.05, 4.69) is 40.9 Å². The molecular weight excluding hydrogens is 456 g/mol. The van der Waals surface area contributed by atoms with Crippen molar-refractivity contribution in [1.29, 1.82) is 5.26 Å². The number of ketones is 1. The first-order valence-electron chi connectivity index (χ1n) is 12.9. The summed E-state index contributed by atoms with van der Waals surface area (Å²) in [4.78, 5) is 41.0. The van der Waals surface area contributed by atoms with Crippen molar-refractivity contribution in [3.63, 3.8) is 0 Å². The van der Waals surface area contributed by atoms with Crippen molar-refractivity contribution in [2.24, 2.45) is 23.2 Å². The number of hydrogen-bond donors (Lipinski definition) is 1. The van der Waals surface area contributed by atoms with Gasteiger partial charge in [0.15, 0.2) is 5.65 Å². The Morgan fingerprint density at radius 3 is 2.69 bits per heavy atom. The molecule has 1 N–H and O–H groups in total. The van der Waals surface area contributed by atoms with E-state index in [1.165, 1.54) is 5.56 Å². The van der Waals surface area contributed by atoms with Gasteiger partial charge in [-0.25, -0.2) is 4.98 Å². The van der Waals surface area contributed by atoms with Crippen molar-refractivity contribution in [2.45, 2.75) is 50.9 Å². The molecule has 4 aliphatic carbocycles. The van der Waals surface area contributed by atoms with E-state index >= 15 is 0 Å². The Kier molecular flexibility index (Phi) is 4.94. The fraction of sp³-hybridized carbons (Fsp3) is 0.577. The second-order valence-electron chi connectivity index (χ2n) is 11.1. The zero-order valence-electron chi connectivity index (χ0n) is 20.1. The number of aromatic amines is 1. The Hall–Kier alpha value is -3.61. The van der Waals surface area contributed by atoms with Crippen LogP contribution in [-0.4, -0.2) is 55.4 Å². The number of H-pyrrole nitrogens is 1. The monoisotopic (exact) mass is 484 g/mol. The second-order valence-corrected chi connectivity index (χ2v) is 11.1. The summed E-state index contributed by atoms with van der Waals surface area (Å²) < 4.78 is 5.88. The molecule has 5 fully saturated rings. The molecule has 0 amide bonds. The van der Waals surface area contributed by atoms with E-state index in [-0.39, 0.29) is 34.9 Å². The second kappa shape index (κ2) is 8.22. The molecule has 8 rings (SSSR count). The maximum Gasteiger partial charge on any atom is 0.321 e. The van der Waals surface area contributed by atoms with Crippen LogP contribution in [0.5, 0.6) is 6.01 Å². The third-order valence-corrected chi connectivity index (χ3v) is 8.62. The Morgan fingerprint density at radius 2 is 1.97 bits per heavy atom. The Bertz CT molecular complexity index is 1350. The first-order chi connectivity index (χ1) is 17.6. The Balaban J connectivity index is 1.09. The van der Waals surface area contributed by atoms with Crippen LogP contribution in [0.3, 0.4) is 0 Å². The molecule has 10 nitrogen and oxygen atoms in total. The van der Waals surface area contributed by atoms with Crippen LogP contribution in [-0.2, 0) is 0 Å². The van der Waals surface area contributed by atoms with E-state index in [0.717, 1.165) is 68.7 Å². The standard InChI is InChI=1S/C26H28N8O2/c27-12-17-7-18(17)14-36-25-32-22(20(35)11-26-8-15(9-26)10-26)31-24(33-25)34-5-1-16(2-6-34)19-13-30-23-21(19)28-3-4-29-23/h3-4,13,15-18H,1-2,5-11,14H2,(H,29,30)/t15?,17-,18+,26?/m0/s1. The quantitative estimate of drug-likeness (QED) is 0.477. The molecule has 0 spiro atoms. The molecule has 1 aliphatic heterocycles. The molecular formula is C26H28N8O2. The minimum absolute atomic E-state index is 0.0183. The zero-order chi connectivity index (χ0) is 24.3. The third kappa shape index (κ3) is 3.77. The van der Waals surface area contributed by atoms with Gasteiger partial charge in [-0.1, -0.05) is 0 Å². The highest BCUT2D eigenvalue weighted by Gasteiger charge is 2.57. The number of rotatable bonds is 8. The van der Waals surface area contributed by atoms with Crippen LogP contribution >= 0.6 is 0 Å². The molecule has 36 heavy (non-hydrogen) atoms. The highest BCUT2D eigenvalue weighted by Crippen LogP contribution is 2.66. The molecule has 0 aromatic carbocycles. The van der Waals surface area contributed by atoms with Gasteiger partial charge in [0.2, 0.25) is 17.6 Å². The first-order valence-corrected chi connectivity index (χ1v) is 12.9. The number of carbonyl (C=O) groups excluding carboxylic acids is 1. The van der Waals surface area contributed by atoms with Gasteiger partial charge in [0.25, 0.3) is 0 Å². The van der Waals surface area contributed by atoms with Crippen molar-refractivity contribution >= 4 is 22.9 Å². The van der Waals surface area contributed by atoms with Gasteiger partial charge in [-0.2, -0.15) is 20.2 Å². The minimum Gasteiger partial charge on any atom is -0.463 e. The summed E-state index contributed by atoms with van der Waals surface area (Å²) in [5.41, 5.74) is 3.13. The van der Waals surface area contributed by atoms with Gasteiger partial charge in [0.1, 0.15) is 5.52 Å². The lowest BCUT2D eigenvalue weighted by Gasteiger charge is -2.61. The summed E-state index contributed by atoms with van der Waals surface area (Å²) in [6, 6.07) is 2.47. The molecule has 184 valence electrons. The number of carbonyl (C=O) groups is 1. The third-order valence-electron chi connectivity index (χ3n) is 8.62. The number of nitrogens with one attached hydrogen (secondary N) is 1. The highest BCUT2D eigenvalue weighted by molar-refractivity contribution is 5.93. The molecule has 0 unspecified atom stereocenters. The number of piperidine rings is 1. The van der Waals surface area contributed by atoms with E-state index in [1.54, 1.807) is 12.4 Å². The first kappa shape index (κ1) is 21.7. The topological polar surface area (TPSA) is 134 Å². The minimum atomic E-state index is -0.0183. The molecule has 1 saturated heterocycles. The summed E-state index contributed by atoms with van der Waals surface area (Å²) in [6.07, 6.45) is 12.1. The van der Waals surface area contributed by atoms with Crippen LogP contribution in [0.1, 0.15) is 67.0 Å². The lowest BCUT2D eigenvalue weighted by molar-refractivity contribution is -0.103. The predicted molar refractivity (Wildman–Crippen MR) is 129 cm³/mol. The maximum atomic E-state index is 13.2. The van der Waals surface area contributed by atoms with Gasteiger partial charge in [-0.05, 0) is 55.8 Å². The van der Waals surface area contributed by atoms with Gasteiger partial charge in [0, 0.05) is 49.6 Å². The lowest BCUT2D eigenvalue weighted by atomic mass is 9.43. The van der Waals surface area contributed by atoms with Crippen molar-refractivity contribution in [3.8, 4) is 12.1 Å². The Labute approximate surface area is 208 Å². The smallest absolute Gasteiger partial charge is 0.321 e. The van der Waals surface area contributed by atoms with Crippen molar-refractivity contribution in [1.82, 2.24) is 29.9 Å². The van der Waals surface area contributed by atoms with Gasteiger partial charge < -0.3 is 14.6 Å². The number of aromatic nitrogens is 6. The van der Waals surface area contributed by atoms with Crippen LogP contribution in [0, 0.1) is 34.5 Å². The largest absolute Gasteiger partial charge is 0.463 e. The van der Waals surface area contributed by atoms with Gasteiger partial charge in [0.05, 0.1) is 18.6 Å². The van der Waals surface area contributed by atoms with E-state index in [4.69, 9.17) is 10.00 Å². The molecule has 10 heteroatoms. The number of nitrogens with zero attached hydrogens (tertiary/aromatic N) is 7. The molecule has 0 radical (unpaired) electrons. The molecule has 3 aromatic rings. The number of Topliss-reactive ketones (excluding diaryl/α,β-unsaturated/α-hetero) is 1. The molecule has 2 atom stereocenters. The Morgan fingerprint density at radius 1 is 1.17 bits per heavy atom. The number of nitriles is 1. The fourth-order valence-electron chi connectivity index (χ4n) is 6.31. The van der Waals surface area contributed by atoms with Crippen LogP contribution in [0.2, 0.25) is 0 Å². The summed E-state index contributed by atoms with van der Waals surface area (Å²) in [7, 11) is 0. The van der Waals surface area contributed by atoms with Gasteiger partial charge in [-0.15, -0.1) is 0 Å². The van der Waals surface area contributed by atoms with Gasteiger partial charge >= 0.3 is 6.01 Å². The van der Waals surface area contributed by atoms with Crippen molar-refractivity contribution < 1.29 is 9.53 Å². The van der Waals surface area contributed by atoms with Crippen LogP contribution in [0.4, 0.5) is 5.95 Å². The van der Waals surface area contributed by atoms with Crippen molar-refractivity contribution in [2.75, 3.05) is 24.6 Å². The summed E-state index contributed by atoms with van der Waals surface area (Å²) in [5, 5.41) is 9.09. The molecule has 3 aromatic heterocycles. The highest BCUT2D eigenvalue weighted by atomic mass is 16.5. The van der Waals surface area contributed by atoms with E-state index < -0.39 is 0 Å². The molecule has 4 saturated carbocycles. The average Bonchev–Trinajstić information content (AvgIpc) is 3.51. The summed E-state index contributed by atoms with van der Waals surface area (Å²) in [6.45, 7) is 1.92. The SMILES string of the molecule is N#C[C@@H]1C[C@@H]1COc1nc(C(=O)CC23CC(C2)C3)nc(N2CCC(c3c[nH]c4nccnc34)CC2)n1.